The first-order valence-electron chi connectivity index (χ1n) is 12.5. The van der Waals surface area contributed by atoms with E-state index in [1.54, 1.807) is 27.9 Å². The third-order valence-electron chi connectivity index (χ3n) is 7.15. The molecule has 9 nitrogen and oxygen atoms in total. The van der Waals surface area contributed by atoms with Crippen LogP contribution < -0.4 is 4.74 Å². The largest absolute Gasteiger partial charge is 0.507 e. The first-order chi connectivity index (χ1) is 19.2. The van der Waals surface area contributed by atoms with Crippen molar-refractivity contribution in [2.45, 2.75) is 12.8 Å². The van der Waals surface area contributed by atoms with E-state index in [9.17, 15) is 5.11 Å². The standard InChI is InChI=1S/C30H20N6O3/c1-17-24-25(23-12-7-13-38-23)26-28-32-27(21-14-18-8-5-6-9-19(18)15-22(21)37)34-35(28)16-31-29(26)39-30(24)36(33-17)20-10-3-2-4-11-20/h2-16,25,37H,1H3/t25-/m0/s1. The van der Waals surface area contributed by atoms with Gasteiger partial charge in [0.1, 0.15) is 17.8 Å². The molecular formula is C30H20N6O3. The van der Waals surface area contributed by atoms with E-state index in [1.165, 1.54) is 0 Å². The molecular weight excluding hydrogens is 492 g/mol. The quantitative estimate of drug-likeness (QED) is 0.309. The Morgan fingerprint density at radius 1 is 0.872 bits per heavy atom. The van der Waals surface area contributed by atoms with Gasteiger partial charge in [0, 0.05) is 0 Å². The maximum absolute atomic E-state index is 10.8. The van der Waals surface area contributed by atoms with Crippen molar-refractivity contribution in [3.63, 3.8) is 0 Å². The second-order valence-corrected chi connectivity index (χ2v) is 9.49. The number of aryl methyl sites for hydroxylation is 1. The van der Waals surface area contributed by atoms with Gasteiger partial charge in [-0.1, -0.05) is 42.5 Å². The fraction of sp³-hybridized carbons (Fsp3) is 0.0667. The molecule has 5 heterocycles. The van der Waals surface area contributed by atoms with Gasteiger partial charge in [-0.15, -0.1) is 5.10 Å². The van der Waals surface area contributed by atoms with Gasteiger partial charge in [0.25, 0.3) is 0 Å². The Morgan fingerprint density at radius 3 is 2.46 bits per heavy atom. The predicted octanol–water partition coefficient (Wildman–Crippen LogP) is 6.02. The average molecular weight is 513 g/mol. The fourth-order valence-electron chi connectivity index (χ4n) is 5.38. The highest BCUT2D eigenvalue weighted by molar-refractivity contribution is 5.89. The second-order valence-electron chi connectivity index (χ2n) is 9.49. The van der Waals surface area contributed by atoms with E-state index >= 15 is 0 Å². The minimum atomic E-state index is -0.380. The van der Waals surface area contributed by atoms with Crippen molar-refractivity contribution >= 4 is 16.4 Å². The molecule has 0 fully saturated rings. The second kappa shape index (κ2) is 8.03. The SMILES string of the molecule is Cc1nn(-c2ccccc2)c2c1[C@H](c1ccco1)c1c(ncn3nc(-c4cc5ccccc5cc4O)nc13)O2. The average Bonchev–Trinajstić information content (AvgIpc) is 3.71. The van der Waals surface area contributed by atoms with Crippen LogP contribution in [0.1, 0.15) is 28.5 Å². The van der Waals surface area contributed by atoms with Crippen LogP contribution in [-0.4, -0.2) is 34.5 Å². The number of phenols is 1. The van der Waals surface area contributed by atoms with Crippen LogP contribution in [0.5, 0.6) is 17.5 Å². The highest BCUT2D eigenvalue weighted by atomic mass is 16.5. The number of rotatable bonds is 3. The molecule has 0 saturated carbocycles. The summed E-state index contributed by atoms with van der Waals surface area (Å²) in [7, 11) is 0. The van der Waals surface area contributed by atoms with E-state index in [0.29, 0.717) is 34.6 Å². The number of hydrogen-bond acceptors (Lipinski definition) is 7. The van der Waals surface area contributed by atoms with Gasteiger partial charge in [0.2, 0.25) is 11.8 Å². The zero-order chi connectivity index (χ0) is 26.1. The maximum atomic E-state index is 10.8. The number of hydrogen-bond donors (Lipinski definition) is 1. The molecule has 188 valence electrons. The Kier molecular flexibility index (Phi) is 4.45. The highest BCUT2D eigenvalue weighted by Crippen LogP contribution is 2.50. The minimum Gasteiger partial charge on any atom is -0.507 e. The smallest absolute Gasteiger partial charge is 0.230 e. The van der Waals surface area contributed by atoms with Crippen molar-refractivity contribution in [2.24, 2.45) is 0 Å². The van der Waals surface area contributed by atoms with Crippen molar-refractivity contribution in [1.82, 2.24) is 29.4 Å². The molecule has 3 aromatic carbocycles. The van der Waals surface area contributed by atoms with Gasteiger partial charge < -0.3 is 14.3 Å². The molecule has 0 radical (unpaired) electrons. The lowest BCUT2D eigenvalue weighted by atomic mass is 9.88. The monoisotopic (exact) mass is 512 g/mol. The lowest BCUT2D eigenvalue weighted by Gasteiger charge is -2.24. The molecule has 1 atom stereocenters. The van der Waals surface area contributed by atoms with Gasteiger partial charge in [0.05, 0.1) is 40.3 Å². The van der Waals surface area contributed by atoms with Gasteiger partial charge in [-0.3, -0.25) is 0 Å². The zero-order valence-corrected chi connectivity index (χ0v) is 20.7. The number of ether oxygens (including phenoxy) is 1. The van der Waals surface area contributed by atoms with Gasteiger partial charge in [0.15, 0.2) is 11.5 Å². The first-order valence-corrected chi connectivity index (χ1v) is 12.5. The van der Waals surface area contributed by atoms with Crippen LogP contribution in [0.3, 0.4) is 0 Å². The molecule has 0 bridgehead atoms. The topological polar surface area (TPSA) is 104 Å². The highest BCUT2D eigenvalue weighted by Gasteiger charge is 2.39. The van der Waals surface area contributed by atoms with E-state index in [2.05, 4.69) is 10.1 Å². The molecule has 7 aromatic rings. The van der Waals surface area contributed by atoms with Gasteiger partial charge in [-0.25, -0.2) is 19.2 Å². The Morgan fingerprint density at radius 2 is 1.67 bits per heavy atom. The van der Waals surface area contributed by atoms with E-state index in [1.807, 2.05) is 79.7 Å². The number of aromatic nitrogens is 6. The predicted molar refractivity (Wildman–Crippen MR) is 143 cm³/mol. The van der Waals surface area contributed by atoms with Crippen LogP contribution in [0, 0.1) is 6.92 Å². The molecule has 39 heavy (non-hydrogen) atoms. The number of fused-ring (bicyclic) bond motifs is 5. The Hall–Kier alpha value is -5.44. The normalized spacial score (nSPS) is 14.3. The lowest BCUT2D eigenvalue weighted by molar-refractivity contribution is 0.392. The number of para-hydroxylation sites is 1. The van der Waals surface area contributed by atoms with Gasteiger partial charge >= 0.3 is 0 Å². The van der Waals surface area contributed by atoms with Crippen molar-refractivity contribution in [3.05, 3.63) is 114 Å². The molecule has 1 aliphatic heterocycles. The maximum Gasteiger partial charge on any atom is 0.230 e. The third kappa shape index (κ3) is 3.19. The Labute approximate surface area is 221 Å². The van der Waals surface area contributed by atoms with Crippen molar-refractivity contribution in [2.75, 3.05) is 0 Å². The van der Waals surface area contributed by atoms with Crippen LogP contribution >= 0.6 is 0 Å². The summed E-state index contributed by atoms with van der Waals surface area (Å²) in [4.78, 5) is 9.52. The molecule has 9 heteroatoms. The zero-order valence-electron chi connectivity index (χ0n) is 20.7. The fourth-order valence-corrected chi connectivity index (χ4v) is 5.38. The molecule has 1 N–H and O–H groups in total. The van der Waals surface area contributed by atoms with Crippen LogP contribution in [0.25, 0.3) is 33.5 Å². The minimum absolute atomic E-state index is 0.104. The number of benzene rings is 3. The first kappa shape index (κ1) is 21.6. The Bertz CT molecular complexity index is 2030. The summed E-state index contributed by atoms with van der Waals surface area (Å²) in [5.41, 5.74) is 4.35. The summed E-state index contributed by atoms with van der Waals surface area (Å²) in [5.74, 6) is 1.80. The number of nitrogens with zero attached hydrogens (tertiary/aromatic N) is 6. The van der Waals surface area contributed by atoms with Gasteiger partial charge in [-0.2, -0.15) is 5.10 Å². The number of furan rings is 1. The van der Waals surface area contributed by atoms with Crippen LogP contribution in [-0.2, 0) is 0 Å². The molecule has 0 amide bonds. The lowest BCUT2D eigenvalue weighted by Crippen LogP contribution is -2.15. The van der Waals surface area contributed by atoms with Crippen molar-refractivity contribution in [3.8, 4) is 34.6 Å². The molecule has 0 unspecified atom stereocenters. The molecule has 0 aliphatic carbocycles. The Balaban J connectivity index is 1.36. The van der Waals surface area contributed by atoms with E-state index in [4.69, 9.17) is 19.2 Å². The van der Waals surface area contributed by atoms with Crippen molar-refractivity contribution < 1.29 is 14.3 Å². The summed E-state index contributed by atoms with van der Waals surface area (Å²) < 4.78 is 15.8. The molecule has 0 spiro atoms. The van der Waals surface area contributed by atoms with Crippen LogP contribution in [0.2, 0.25) is 0 Å². The van der Waals surface area contributed by atoms with Crippen LogP contribution in [0.15, 0.2) is 95.9 Å². The summed E-state index contributed by atoms with van der Waals surface area (Å²) in [6, 6.07) is 25.1. The summed E-state index contributed by atoms with van der Waals surface area (Å²) >= 11 is 0. The van der Waals surface area contributed by atoms with Crippen LogP contribution in [0.4, 0.5) is 0 Å². The van der Waals surface area contributed by atoms with Gasteiger partial charge in [-0.05, 0) is 54.1 Å². The molecule has 1 aliphatic rings. The third-order valence-corrected chi connectivity index (χ3v) is 7.15. The molecule has 8 rings (SSSR count). The molecule has 4 aromatic heterocycles. The molecule has 0 saturated heterocycles. The van der Waals surface area contributed by atoms with E-state index < -0.39 is 0 Å². The van der Waals surface area contributed by atoms with Crippen molar-refractivity contribution in [1.29, 1.82) is 0 Å². The van der Waals surface area contributed by atoms with E-state index in [-0.39, 0.29) is 11.7 Å². The summed E-state index contributed by atoms with van der Waals surface area (Å²) in [6.07, 6.45) is 3.22. The van der Waals surface area contributed by atoms with E-state index in [0.717, 1.165) is 33.3 Å². The number of phenolic OH excluding ortho intramolecular Hbond substituents is 1. The summed E-state index contributed by atoms with van der Waals surface area (Å²) in [6.45, 7) is 1.96. The number of aromatic hydroxyl groups is 1. The summed E-state index contributed by atoms with van der Waals surface area (Å²) in [5, 5.41) is 22.3.